The summed E-state index contributed by atoms with van der Waals surface area (Å²) in [6.07, 6.45) is 3.82. The Labute approximate surface area is 229 Å². The molecule has 1 N–H and O–H groups in total. The molecule has 4 aromatic rings. The van der Waals surface area contributed by atoms with E-state index >= 15 is 0 Å². The summed E-state index contributed by atoms with van der Waals surface area (Å²) in [5.74, 6) is 2.06. The van der Waals surface area contributed by atoms with E-state index < -0.39 is 11.7 Å². The molecule has 0 radical (unpaired) electrons. The van der Waals surface area contributed by atoms with Crippen molar-refractivity contribution in [2.75, 3.05) is 32.8 Å². The third-order valence-electron chi connectivity index (χ3n) is 7.66. The van der Waals surface area contributed by atoms with Crippen molar-refractivity contribution in [3.8, 4) is 11.5 Å². The van der Waals surface area contributed by atoms with Crippen LogP contribution in [0.2, 0.25) is 0 Å². The van der Waals surface area contributed by atoms with Gasteiger partial charge in [0.05, 0.1) is 26.9 Å². The van der Waals surface area contributed by atoms with Crippen LogP contribution in [0.15, 0.2) is 91.5 Å². The summed E-state index contributed by atoms with van der Waals surface area (Å²) < 4.78 is 17.9. The highest BCUT2D eigenvalue weighted by atomic mass is 16.5. The van der Waals surface area contributed by atoms with E-state index in [-0.39, 0.29) is 12.0 Å². The molecule has 1 aliphatic carbocycles. The van der Waals surface area contributed by atoms with Crippen LogP contribution in [0, 0.1) is 5.92 Å². The molecule has 5 rings (SSSR count). The number of aromatic nitrogens is 3. The number of ether oxygens (including phenoxy) is 3. The second-order valence-corrected chi connectivity index (χ2v) is 9.82. The van der Waals surface area contributed by atoms with Crippen LogP contribution < -0.4 is 14.4 Å². The van der Waals surface area contributed by atoms with Crippen LogP contribution in [-0.2, 0) is 10.3 Å². The van der Waals surface area contributed by atoms with Crippen LogP contribution in [0.5, 0.6) is 11.5 Å². The highest BCUT2D eigenvalue weighted by molar-refractivity contribution is 5.49. The molecular weight excluding hydrogens is 492 g/mol. The lowest BCUT2D eigenvalue weighted by atomic mass is 9.79. The molecule has 39 heavy (non-hydrogen) atoms. The zero-order valence-electron chi connectivity index (χ0n) is 22.5. The molecule has 8 nitrogen and oxygen atoms in total. The maximum atomic E-state index is 11.1. The summed E-state index contributed by atoms with van der Waals surface area (Å²) in [6.45, 7) is 0.357. The second kappa shape index (κ2) is 11.8. The SMILES string of the molecule is COc1ccc(C(OC[C@H]2C[C@@H](N(C)c3ncncn3)C[C@@H]2O)(c2ccccc2)c2ccc(OC)cc2)cc1. The van der Waals surface area contributed by atoms with Crippen molar-refractivity contribution in [2.45, 2.75) is 30.6 Å². The molecule has 3 atom stereocenters. The van der Waals surface area contributed by atoms with Gasteiger partial charge in [0, 0.05) is 19.0 Å². The summed E-state index contributed by atoms with van der Waals surface area (Å²) in [5.41, 5.74) is 2.00. The molecule has 1 heterocycles. The molecule has 3 aromatic carbocycles. The predicted molar refractivity (Wildman–Crippen MR) is 149 cm³/mol. The molecule has 0 spiro atoms. The van der Waals surface area contributed by atoms with Crippen LogP contribution in [-0.4, -0.2) is 60.1 Å². The second-order valence-electron chi connectivity index (χ2n) is 9.82. The first-order valence-electron chi connectivity index (χ1n) is 13.1. The molecule has 0 amide bonds. The maximum Gasteiger partial charge on any atom is 0.228 e. The van der Waals surface area contributed by atoms with Crippen molar-refractivity contribution in [3.05, 3.63) is 108 Å². The standard InChI is InChI=1S/C31H34N4O4/c1-35(30-33-20-32-21-34-30)26-17-22(29(36)18-26)19-39-31(23-7-5-4-6-8-23,24-9-13-27(37-2)14-10-24)25-11-15-28(38-3)16-12-25/h4-16,20-22,26,29,36H,17-19H2,1-3H3/t22-,26-,29+/m1/s1. The van der Waals surface area contributed by atoms with E-state index in [2.05, 4.69) is 27.1 Å². The van der Waals surface area contributed by atoms with Crippen LogP contribution in [0.25, 0.3) is 0 Å². The molecule has 1 aliphatic rings. The quantitative estimate of drug-likeness (QED) is 0.303. The van der Waals surface area contributed by atoms with Crippen molar-refractivity contribution < 1.29 is 19.3 Å². The fourth-order valence-electron chi connectivity index (χ4n) is 5.45. The summed E-state index contributed by atoms with van der Waals surface area (Å²) in [5, 5.41) is 11.1. The minimum absolute atomic E-state index is 0.0705. The number of hydrogen-bond acceptors (Lipinski definition) is 8. The number of benzene rings is 3. The fourth-order valence-corrected chi connectivity index (χ4v) is 5.45. The van der Waals surface area contributed by atoms with E-state index in [1.165, 1.54) is 12.7 Å². The lowest BCUT2D eigenvalue weighted by molar-refractivity contribution is -0.0295. The van der Waals surface area contributed by atoms with Gasteiger partial charge in [-0.2, -0.15) is 0 Å². The third kappa shape index (κ3) is 5.44. The number of anilines is 1. The molecule has 1 aromatic heterocycles. The number of methoxy groups -OCH3 is 2. The fraction of sp³-hybridized carbons (Fsp3) is 0.323. The first kappa shape index (κ1) is 26.6. The normalized spacial score (nSPS) is 19.0. The van der Waals surface area contributed by atoms with Gasteiger partial charge in [-0.3, -0.25) is 0 Å². The molecule has 1 saturated carbocycles. The van der Waals surface area contributed by atoms with E-state index in [1.54, 1.807) is 14.2 Å². The van der Waals surface area contributed by atoms with Crippen LogP contribution in [0.4, 0.5) is 5.95 Å². The number of aliphatic hydroxyl groups is 1. The summed E-state index contributed by atoms with van der Waals surface area (Å²) in [7, 11) is 5.27. The minimum Gasteiger partial charge on any atom is -0.497 e. The summed E-state index contributed by atoms with van der Waals surface area (Å²) >= 11 is 0. The highest BCUT2D eigenvalue weighted by Crippen LogP contribution is 2.43. The van der Waals surface area contributed by atoms with Gasteiger partial charge in [0.1, 0.15) is 29.8 Å². The monoisotopic (exact) mass is 526 g/mol. The Balaban J connectivity index is 1.50. The van der Waals surface area contributed by atoms with E-state index in [0.717, 1.165) is 34.6 Å². The molecule has 0 aliphatic heterocycles. The van der Waals surface area contributed by atoms with Gasteiger partial charge < -0.3 is 24.2 Å². The minimum atomic E-state index is -0.919. The Morgan fingerprint density at radius 3 is 1.87 bits per heavy atom. The average Bonchev–Trinajstić information content (AvgIpc) is 3.38. The maximum absolute atomic E-state index is 11.1. The summed E-state index contributed by atoms with van der Waals surface area (Å²) in [6, 6.07) is 26.2. The van der Waals surface area contributed by atoms with Gasteiger partial charge in [-0.1, -0.05) is 54.6 Å². The van der Waals surface area contributed by atoms with Crippen molar-refractivity contribution in [1.82, 2.24) is 15.0 Å². The lowest BCUT2D eigenvalue weighted by Gasteiger charge is -2.37. The lowest BCUT2D eigenvalue weighted by Crippen LogP contribution is -2.36. The number of rotatable bonds is 10. The zero-order chi connectivity index (χ0) is 27.2. The Morgan fingerprint density at radius 2 is 1.33 bits per heavy atom. The molecule has 202 valence electrons. The predicted octanol–water partition coefficient (Wildman–Crippen LogP) is 4.47. The van der Waals surface area contributed by atoms with Crippen molar-refractivity contribution in [3.63, 3.8) is 0 Å². The number of nitrogens with zero attached hydrogens (tertiary/aromatic N) is 4. The van der Waals surface area contributed by atoms with Gasteiger partial charge in [-0.05, 0) is 53.8 Å². The molecule has 0 saturated heterocycles. The average molecular weight is 527 g/mol. The van der Waals surface area contributed by atoms with Gasteiger partial charge in [0.2, 0.25) is 5.95 Å². The van der Waals surface area contributed by atoms with E-state index in [0.29, 0.717) is 19.0 Å². The van der Waals surface area contributed by atoms with Crippen molar-refractivity contribution in [2.24, 2.45) is 5.92 Å². The molecule has 1 fully saturated rings. The van der Waals surface area contributed by atoms with Crippen LogP contribution >= 0.6 is 0 Å². The van der Waals surface area contributed by atoms with Crippen LogP contribution in [0.1, 0.15) is 29.5 Å². The zero-order valence-corrected chi connectivity index (χ0v) is 22.5. The first-order chi connectivity index (χ1) is 19.0. The molecule has 8 heteroatoms. The summed E-state index contributed by atoms with van der Waals surface area (Å²) in [4.78, 5) is 14.5. The van der Waals surface area contributed by atoms with Crippen LogP contribution in [0.3, 0.4) is 0 Å². The van der Waals surface area contributed by atoms with E-state index in [9.17, 15) is 5.11 Å². The Hall–Kier alpha value is -4.01. The largest absolute Gasteiger partial charge is 0.497 e. The van der Waals surface area contributed by atoms with E-state index in [4.69, 9.17) is 14.2 Å². The van der Waals surface area contributed by atoms with E-state index in [1.807, 2.05) is 78.7 Å². The topological polar surface area (TPSA) is 89.8 Å². The number of aliphatic hydroxyl groups excluding tert-OH is 1. The van der Waals surface area contributed by atoms with Gasteiger partial charge >= 0.3 is 0 Å². The van der Waals surface area contributed by atoms with Gasteiger partial charge in [0.15, 0.2) is 0 Å². The highest BCUT2D eigenvalue weighted by Gasteiger charge is 2.42. The van der Waals surface area contributed by atoms with Gasteiger partial charge in [-0.25, -0.2) is 15.0 Å². The molecule has 0 unspecified atom stereocenters. The Kier molecular flexibility index (Phi) is 8.05. The smallest absolute Gasteiger partial charge is 0.228 e. The van der Waals surface area contributed by atoms with Crippen molar-refractivity contribution >= 4 is 5.95 Å². The van der Waals surface area contributed by atoms with Gasteiger partial charge in [0.25, 0.3) is 0 Å². The Morgan fingerprint density at radius 1 is 0.795 bits per heavy atom. The van der Waals surface area contributed by atoms with Crippen molar-refractivity contribution in [1.29, 1.82) is 0 Å². The first-order valence-corrected chi connectivity index (χ1v) is 13.1. The Bertz CT molecular complexity index is 1270. The number of hydrogen-bond donors (Lipinski definition) is 1. The third-order valence-corrected chi connectivity index (χ3v) is 7.66. The molecule has 0 bridgehead atoms. The molecular formula is C31H34N4O4. The van der Waals surface area contributed by atoms with Gasteiger partial charge in [-0.15, -0.1) is 0 Å².